The number of carbonyl (C=O) groups is 2. The summed E-state index contributed by atoms with van der Waals surface area (Å²) in [5, 5.41) is 4.51. The first-order valence-corrected chi connectivity index (χ1v) is 10.8. The number of rotatable bonds is 5. The summed E-state index contributed by atoms with van der Waals surface area (Å²) in [4.78, 5) is 24.0. The molecular formula is C18H20N2O5S2. The van der Waals surface area contributed by atoms with Crippen LogP contribution >= 0.6 is 11.3 Å². The Morgan fingerprint density at radius 2 is 1.96 bits per heavy atom. The number of carbonyl (C=O) groups excluding carboxylic acids is 2. The van der Waals surface area contributed by atoms with E-state index in [1.165, 1.54) is 22.8 Å². The lowest BCUT2D eigenvalue weighted by atomic mass is 9.98. The van der Waals surface area contributed by atoms with Gasteiger partial charge in [-0.3, -0.25) is 4.79 Å². The topological polar surface area (TPSA) is 92.8 Å². The van der Waals surface area contributed by atoms with E-state index in [1.807, 2.05) is 0 Å². The molecule has 1 aliphatic heterocycles. The van der Waals surface area contributed by atoms with Crippen molar-refractivity contribution in [2.24, 2.45) is 5.92 Å². The van der Waals surface area contributed by atoms with Crippen molar-refractivity contribution in [1.82, 2.24) is 4.31 Å². The van der Waals surface area contributed by atoms with Crippen LogP contribution in [0, 0.1) is 5.92 Å². The van der Waals surface area contributed by atoms with E-state index < -0.39 is 21.9 Å². The Morgan fingerprint density at radius 1 is 1.22 bits per heavy atom. The SMILES string of the molecule is COC(=O)c1ccc(NC(=O)[C@H]2CCCN(S(=O)(=O)c3cccs3)C2)cc1. The molecule has 7 nitrogen and oxygen atoms in total. The van der Waals surface area contributed by atoms with Gasteiger partial charge in [-0.15, -0.1) is 11.3 Å². The van der Waals surface area contributed by atoms with E-state index in [0.717, 1.165) is 0 Å². The number of hydrogen-bond acceptors (Lipinski definition) is 6. The third-order valence-corrected chi connectivity index (χ3v) is 7.66. The lowest BCUT2D eigenvalue weighted by Crippen LogP contribution is -2.43. The predicted molar refractivity (Wildman–Crippen MR) is 102 cm³/mol. The maximum atomic E-state index is 12.7. The van der Waals surface area contributed by atoms with Crippen LogP contribution in [0.15, 0.2) is 46.0 Å². The number of nitrogens with zero attached hydrogens (tertiary/aromatic N) is 1. The van der Waals surface area contributed by atoms with Crippen molar-refractivity contribution in [3.05, 3.63) is 47.3 Å². The highest BCUT2D eigenvalue weighted by Crippen LogP contribution is 2.27. The Labute approximate surface area is 162 Å². The predicted octanol–water partition coefficient (Wildman–Crippen LogP) is 2.57. The number of benzene rings is 1. The fourth-order valence-corrected chi connectivity index (χ4v) is 5.63. The molecule has 0 bridgehead atoms. The molecule has 2 aromatic rings. The molecule has 9 heteroatoms. The standard InChI is InChI=1S/C18H20N2O5S2/c1-25-18(22)13-6-8-15(9-7-13)19-17(21)14-4-2-10-20(12-14)27(23,24)16-5-3-11-26-16/h3,5-9,11,14H,2,4,10,12H2,1H3,(H,19,21)/t14-/m0/s1. The number of piperidine rings is 1. The minimum atomic E-state index is -3.56. The van der Waals surface area contributed by atoms with Crippen LogP contribution in [0.4, 0.5) is 5.69 Å². The number of anilines is 1. The van der Waals surface area contributed by atoms with Gasteiger partial charge in [0, 0.05) is 18.8 Å². The summed E-state index contributed by atoms with van der Waals surface area (Å²) in [6.45, 7) is 0.574. The number of sulfonamides is 1. The van der Waals surface area contributed by atoms with Crippen LogP contribution in [0.3, 0.4) is 0 Å². The highest BCUT2D eigenvalue weighted by Gasteiger charge is 2.33. The zero-order valence-corrected chi connectivity index (χ0v) is 16.4. The third-order valence-electron chi connectivity index (χ3n) is 4.42. The van der Waals surface area contributed by atoms with Crippen molar-refractivity contribution >= 4 is 38.9 Å². The van der Waals surface area contributed by atoms with Crippen LogP contribution in [-0.2, 0) is 19.6 Å². The number of ether oxygens (including phenoxy) is 1. The Bertz CT molecular complexity index is 908. The number of esters is 1. The first-order chi connectivity index (χ1) is 12.9. The van der Waals surface area contributed by atoms with Gasteiger partial charge in [0.2, 0.25) is 5.91 Å². The molecule has 1 aromatic carbocycles. The third kappa shape index (κ3) is 4.37. The molecule has 0 aliphatic carbocycles. The highest BCUT2D eigenvalue weighted by molar-refractivity contribution is 7.91. The van der Waals surface area contributed by atoms with E-state index in [0.29, 0.717) is 34.8 Å². The van der Waals surface area contributed by atoms with Crippen LogP contribution in [0.25, 0.3) is 0 Å². The number of hydrogen-bond donors (Lipinski definition) is 1. The van der Waals surface area contributed by atoms with Crippen molar-refractivity contribution in [2.75, 3.05) is 25.5 Å². The van der Waals surface area contributed by atoms with Crippen LogP contribution in [0.5, 0.6) is 0 Å². The molecule has 1 aromatic heterocycles. The second-order valence-corrected chi connectivity index (χ2v) is 9.30. The van der Waals surface area contributed by atoms with Gasteiger partial charge in [-0.05, 0) is 48.6 Å². The second kappa shape index (κ2) is 8.20. The van der Waals surface area contributed by atoms with E-state index in [9.17, 15) is 18.0 Å². The van der Waals surface area contributed by atoms with E-state index in [4.69, 9.17) is 0 Å². The quantitative estimate of drug-likeness (QED) is 0.768. The monoisotopic (exact) mass is 408 g/mol. The van der Waals surface area contributed by atoms with Crippen LogP contribution < -0.4 is 5.32 Å². The van der Waals surface area contributed by atoms with Gasteiger partial charge in [0.05, 0.1) is 18.6 Å². The molecule has 1 aliphatic rings. The zero-order valence-electron chi connectivity index (χ0n) is 14.8. The lowest BCUT2D eigenvalue weighted by Gasteiger charge is -2.30. The summed E-state index contributed by atoms with van der Waals surface area (Å²) in [6.07, 6.45) is 1.26. The average molecular weight is 409 g/mol. The molecule has 0 saturated carbocycles. The van der Waals surface area contributed by atoms with E-state index in [2.05, 4.69) is 10.1 Å². The Balaban J connectivity index is 1.66. The molecule has 1 atom stereocenters. The van der Waals surface area contributed by atoms with Gasteiger partial charge < -0.3 is 10.1 Å². The van der Waals surface area contributed by atoms with Crippen LogP contribution in [0.1, 0.15) is 23.2 Å². The van der Waals surface area contributed by atoms with Crippen molar-refractivity contribution in [2.45, 2.75) is 17.1 Å². The molecule has 144 valence electrons. The summed E-state index contributed by atoms with van der Waals surface area (Å²) in [7, 11) is -2.25. The molecule has 27 heavy (non-hydrogen) atoms. The zero-order chi connectivity index (χ0) is 19.4. The molecule has 1 saturated heterocycles. The first kappa shape index (κ1) is 19.5. The van der Waals surface area contributed by atoms with Gasteiger partial charge in [-0.1, -0.05) is 6.07 Å². The molecule has 2 heterocycles. The normalized spacial score (nSPS) is 18.0. The van der Waals surface area contributed by atoms with Gasteiger partial charge >= 0.3 is 5.97 Å². The maximum absolute atomic E-state index is 12.7. The molecule has 0 spiro atoms. The molecule has 0 unspecified atom stereocenters. The summed E-state index contributed by atoms with van der Waals surface area (Å²) in [5.41, 5.74) is 0.937. The van der Waals surface area contributed by atoms with E-state index in [-0.39, 0.29) is 12.5 Å². The molecular weight excluding hydrogens is 388 g/mol. The molecule has 0 radical (unpaired) electrons. The van der Waals surface area contributed by atoms with E-state index in [1.54, 1.807) is 41.8 Å². The van der Waals surface area contributed by atoms with Crippen LogP contribution in [0.2, 0.25) is 0 Å². The van der Waals surface area contributed by atoms with Crippen molar-refractivity contribution in [3.8, 4) is 0 Å². The summed E-state index contributed by atoms with van der Waals surface area (Å²) >= 11 is 1.17. The molecule has 1 fully saturated rings. The fourth-order valence-electron chi connectivity index (χ4n) is 2.96. The molecule has 1 N–H and O–H groups in total. The number of methoxy groups -OCH3 is 1. The molecule has 3 rings (SSSR count). The minimum absolute atomic E-state index is 0.159. The first-order valence-electron chi connectivity index (χ1n) is 8.44. The fraction of sp³-hybridized carbons (Fsp3) is 0.333. The molecule has 1 amide bonds. The Hall–Kier alpha value is -2.23. The average Bonchev–Trinajstić information content (AvgIpc) is 3.24. The highest BCUT2D eigenvalue weighted by atomic mass is 32.2. The number of nitrogens with one attached hydrogen (secondary N) is 1. The van der Waals surface area contributed by atoms with Crippen LogP contribution in [-0.4, -0.2) is 44.8 Å². The van der Waals surface area contributed by atoms with Gasteiger partial charge in [-0.2, -0.15) is 4.31 Å². The maximum Gasteiger partial charge on any atom is 0.337 e. The summed E-state index contributed by atoms with van der Waals surface area (Å²) in [5.74, 6) is -1.10. The van der Waals surface area contributed by atoms with Gasteiger partial charge in [0.25, 0.3) is 10.0 Å². The van der Waals surface area contributed by atoms with Gasteiger partial charge in [0.1, 0.15) is 4.21 Å². The largest absolute Gasteiger partial charge is 0.465 e. The Morgan fingerprint density at radius 3 is 2.59 bits per heavy atom. The smallest absolute Gasteiger partial charge is 0.337 e. The lowest BCUT2D eigenvalue weighted by molar-refractivity contribution is -0.120. The number of thiophene rings is 1. The van der Waals surface area contributed by atoms with Gasteiger partial charge in [0.15, 0.2) is 0 Å². The summed E-state index contributed by atoms with van der Waals surface area (Å²) < 4.78 is 31.6. The van der Waals surface area contributed by atoms with Crippen molar-refractivity contribution in [3.63, 3.8) is 0 Å². The Kier molecular flexibility index (Phi) is 5.93. The van der Waals surface area contributed by atoms with Gasteiger partial charge in [-0.25, -0.2) is 13.2 Å². The number of amides is 1. The second-order valence-electron chi connectivity index (χ2n) is 6.19. The summed E-state index contributed by atoms with van der Waals surface area (Å²) in [6, 6.07) is 9.64. The van der Waals surface area contributed by atoms with Crippen molar-refractivity contribution in [1.29, 1.82) is 0 Å². The van der Waals surface area contributed by atoms with Crippen molar-refractivity contribution < 1.29 is 22.7 Å². The van der Waals surface area contributed by atoms with E-state index >= 15 is 0 Å². The minimum Gasteiger partial charge on any atom is -0.465 e.